The first-order chi connectivity index (χ1) is 10.2. The molecule has 8 nitrogen and oxygen atoms in total. The van der Waals surface area contributed by atoms with Crippen molar-refractivity contribution in [3.8, 4) is 0 Å². The third kappa shape index (κ3) is 3.10. The second kappa shape index (κ2) is 6.04. The Hall–Kier alpha value is -2.22. The lowest BCUT2D eigenvalue weighted by molar-refractivity contribution is -0.136. The van der Waals surface area contributed by atoms with Gasteiger partial charge in [-0.05, 0) is 18.8 Å². The van der Waals surface area contributed by atoms with E-state index in [9.17, 15) is 4.79 Å². The van der Waals surface area contributed by atoms with E-state index in [-0.39, 0.29) is 6.54 Å². The van der Waals surface area contributed by atoms with Crippen molar-refractivity contribution >= 4 is 17.4 Å². The van der Waals surface area contributed by atoms with Crippen molar-refractivity contribution in [3.05, 3.63) is 18.7 Å². The fourth-order valence-electron chi connectivity index (χ4n) is 2.78. The summed E-state index contributed by atoms with van der Waals surface area (Å²) in [6.45, 7) is 2.51. The molecule has 1 aliphatic rings. The van der Waals surface area contributed by atoms with Crippen LogP contribution in [0.5, 0.6) is 0 Å². The number of carboxylic acid groups (broad SMARTS) is 1. The quantitative estimate of drug-likeness (QED) is 0.801. The van der Waals surface area contributed by atoms with Gasteiger partial charge in [0.15, 0.2) is 5.82 Å². The number of aromatic nitrogens is 4. The highest BCUT2D eigenvalue weighted by Crippen LogP contribution is 2.23. The van der Waals surface area contributed by atoms with Gasteiger partial charge < -0.3 is 15.3 Å². The van der Waals surface area contributed by atoms with Crippen LogP contribution in [0.1, 0.15) is 12.8 Å². The van der Waals surface area contributed by atoms with Gasteiger partial charge in [0.25, 0.3) is 0 Å². The van der Waals surface area contributed by atoms with E-state index in [2.05, 4.69) is 25.4 Å². The number of anilines is 1. The number of hydrogen-bond donors (Lipinski definition) is 2. The van der Waals surface area contributed by atoms with Crippen LogP contribution in [0.2, 0.25) is 0 Å². The van der Waals surface area contributed by atoms with E-state index in [1.54, 1.807) is 12.5 Å². The van der Waals surface area contributed by atoms with Crippen molar-refractivity contribution in [2.24, 2.45) is 5.92 Å². The highest BCUT2D eigenvalue weighted by atomic mass is 16.4. The van der Waals surface area contributed by atoms with Crippen molar-refractivity contribution in [1.29, 1.82) is 0 Å². The molecular formula is C13H18N6O2. The van der Waals surface area contributed by atoms with E-state index >= 15 is 0 Å². The lowest BCUT2D eigenvalue weighted by Crippen LogP contribution is -2.41. The Labute approximate surface area is 121 Å². The average Bonchev–Trinajstić information content (AvgIpc) is 2.95. The van der Waals surface area contributed by atoms with Gasteiger partial charge in [0.2, 0.25) is 5.65 Å². The number of piperidine rings is 1. The molecule has 0 saturated carbocycles. The number of carbonyl (C=O) groups is 1. The summed E-state index contributed by atoms with van der Waals surface area (Å²) in [6, 6.07) is 0. The summed E-state index contributed by atoms with van der Waals surface area (Å²) in [6.07, 6.45) is 7.40. The molecule has 3 rings (SSSR count). The molecule has 1 atom stereocenters. The Morgan fingerprint density at radius 2 is 2.43 bits per heavy atom. The molecule has 3 heterocycles. The molecule has 21 heavy (non-hydrogen) atoms. The number of carboxylic acids is 1. The summed E-state index contributed by atoms with van der Waals surface area (Å²) < 4.78 is 1.86. The second-order valence-electron chi connectivity index (χ2n) is 5.29. The van der Waals surface area contributed by atoms with Crippen LogP contribution in [0.3, 0.4) is 0 Å². The highest BCUT2D eigenvalue weighted by molar-refractivity contribution is 5.69. The third-order valence-corrected chi connectivity index (χ3v) is 3.72. The van der Waals surface area contributed by atoms with E-state index < -0.39 is 5.97 Å². The average molecular weight is 290 g/mol. The first kappa shape index (κ1) is 13.7. The van der Waals surface area contributed by atoms with Gasteiger partial charge in [0.1, 0.15) is 6.33 Å². The highest BCUT2D eigenvalue weighted by Gasteiger charge is 2.23. The maximum absolute atomic E-state index is 10.5. The molecule has 1 aliphatic heterocycles. The first-order valence-electron chi connectivity index (χ1n) is 7.06. The molecule has 1 fully saturated rings. The molecule has 0 radical (unpaired) electrons. The summed E-state index contributed by atoms with van der Waals surface area (Å²) in [5, 5.41) is 19.7. The smallest absolute Gasteiger partial charge is 0.317 e. The SMILES string of the molecule is O=C(O)CNCC1CCCN(c2nccn3cnnc23)C1. The van der Waals surface area contributed by atoms with Crippen LogP contribution in [0, 0.1) is 5.92 Å². The van der Waals surface area contributed by atoms with Crippen LogP contribution in [-0.4, -0.2) is 56.8 Å². The lowest BCUT2D eigenvalue weighted by atomic mass is 9.98. The van der Waals surface area contributed by atoms with Gasteiger partial charge in [-0.25, -0.2) is 4.98 Å². The Morgan fingerprint density at radius 1 is 1.52 bits per heavy atom. The molecular weight excluding hydrogens is 272 g/mol. The minimum absolute atomic E-state index is 0.00844. The molecule has 0 aliphatic carbocycles. The zero-order valence-corrected chi connectivity index (χ0v) is 11.6. The van der Waals surface area contributed by atoms with E-state index in [0.717, 1.165) is 37.4 Å². The van der Waals surface area contributed by atoms with Gasteiger partial charge >= 0.3 is 5.97 Å². The fourth-order valence-corrected chi connectivity index (χ4v) is 2.78. The first-order valence-corrected chi connectivity index (χ1v) is 7.06. The molecule has 0 aromatic carbocycles. The number of nitrogens with one attached hydrogen (secondary N) is 1. The summed E-state index contributed by atoms with van der Waals surface area (Å²) >= 11 is 0. The molecule has 2 aromatic heterocycles. The molecule has 2 N–H and O–H groups in total. The standard InChI is InChI=1S/C13H18N6O2/c20-11(21)7-14-6-10-2-1-4-18(8-10)12-13-17-16-9-19(13)5-3-15-12/h3,5,9-10,14H,1-2,4,6-8H2,(H,20,21). The van der Waals surface area contributed by atoms with E-state index in [1.165, 1.54) is 0 Å². The monoisotopic (exact) mass is 290 g/mol. The van der Waals surface area contributed by atoms with Gasteiger partial charge in [-0.2, -0.15) is 0 Å². The van der Waals surface area contributed by atoms with Gasteiger partial charge in [0.05, 0.1) is 6.54 Å². The van der Waals surface area contributed by atoms with Crippen LogP contribution < -0.4 is 10.2 Å². The van der Waals surface area contributed by atoms with Gasteiger partial charge in [-0.15, -0.1) is 10.2 Å². The van der Waals surface area contributed by atoms with Crippen LogP contribution >= 0.6 is 0 Å². The fraction of sp³-hybridized carbons (Fsp3) is 0.538. The van der Waals surface area contributed by atoms with Crippen LogP contribution in [0.25, 0.3) is 5.65 Å². The molecule has 1 saturated heterocycles. The zero-order chi connectivity index (χ0) is 14.7. The molecule has 2 aromatic rings. The topological polar surface area (TPSA) is 95.7 Å². The molecule has 112 valence electrons. The Bertz CT molecular complexity index is 628. The second-order valence-corrected chi connectivity index (χ2v) is 5.29. The molecule has 0 spiro atoms. The largest absolute Gasteiger partial charge is 0.480 e. The summed E-state index contributed by atoms with van der Waals surface area (Å²) in [4.78, 5) is 17.2. The number of fused-ring (bicyclic) bond motifs is 1. The van der Waals surface area contributed by atoms with Gasteiger partial charge in [-0.3, -0.25) is 9.20 Å². The predicted octanol–water partition coefficient (Wildman–Crippen LogP) is 0.0149. The van der Waals surface area contributed by atoms with Crippen LogP contribution in [0.15, 0.2) is 18.7 Å². The number of rotatable bonds is 5. The number of nitrogens with zero attached hydrogens (tertiary/aromatic N) is 5. The summed E-state index contributed by atoms with van der Waals surface area (Å²) in [7, 11) is 0. The van der Waals surface area contributed by atoms with Crippen molar-refractivity contribution in [1.82, 2.24) is 24.9 Å². The van der Waals surface area contributed by atoms with Crippen LogP contribution in [-0.2, 0) is 4.79 Å². The van der Waals surface area contributed by atoms with Crippen molar-refractivity contribution in [3.63, 3.8) is 0 Å². The Morgan fingerprint density at radius 3 is 3.29 bits per heavy atom. The number of hydrogen-bond acceptors (Lipinski definition) is 6. The molecule has 0 bridgehead atoms. The maximum atomic E-state index is 10.5. The summed E-state index contributed by atoms with van der Waals surface area (Å²) in [5.41, 5.74) is 0.761. The van der Waals surface area contributed by atoms with Crippen LogP contribution in [0.4, 0.5) is 5.82 Å². The normalized spacial score (nSPS) is 19.0. The summed E-state index contributed by atoms with van der Waals surface area (Å²) in [5.74, 6) is 0.443. The minimum atomic E-state index is -0.822. The van der Waals surface area contributed by atoms with Gasteiger partial charge in [-0.1, -0.05) is 0 Å². The van der Waals surface area contributed by atoms with E-state index in [4.69, 9.17) is 5.11 Å². The minimum Gasteiger partial charge on any atom is -0.480 e. The lowest BCUT2D eigenvalue weighted by Gasteiger charge is -2.33. The van der Waals surface area contributed by atoms with Gasteiger partial charge in [0, 0.05) is 32.0 Å². The zero-order valence-electron chi connectivity index (χ0n) is 11.6. The maximum Gasteiger partial charge on any atom is 0.317 e. The van der Waals surface area contributed by atoms with E-state index in [0.29, 0.717) is 12.5 Å². The van der Waals surface area contributed by atoms with Crippen molar-refractivity contribution in [2.75, 3.05) is 31.1 Å². The third-order valence-electron chi connectivity index (χ3n) is 3.72. The molecule has 8 heteroatoms. The van der Waals surface area contributed by atoms with Crippen molar-refractivity contribution in [2.45, 2.75) is 12.8 Å². The Kier molecular flexibility index (Phi) is 3.96. The molecule has 0 amide bonds. The predicted molar refractivity (Wildman–Crippen MR) is 76.2 cm³/mol. The molecule has 1 unspecified atom stereocenters. The van der Waals surface area contributed by atoms with E-state index in [1.807, 2.05) is 10.6 Å². The van der Waals surface area contributed by atoms with Crippen molar-refractivity contribution < 1.29 is 9.90 Å². The Balaban J connectivity index is 1.68. The number of aliphatic carboxylic acids is 1.